The van der Waals surface area contributed by atoms with Gasteiger partial charge in [-0.25, -0.2) is 5.48 Å². The van der Waals surface area contributed by atoms with Gasteiger partial charge in [0.15, 0.2) is 0 Å². The monoisotopic (exact) mass is 251 g/mol. The van der Waals surface area contributed by atoms with Gasteiger partial charge in [-0.3, -0.25) is 9.63 Å². The average molecular weight is 251 g/mol. The van der Waals surface area contributed by atoms with Gasteiger partial charge in [-0.05, 0) is 19.4 Å². The summed E-state index contributed by atoms with van der Waals surface area (Å²) in [6, 6.07) is 0. The highest BCUT2D eigenvalue weighted by molar-refractivity contribution is 5.97. The molecular formula is C10H12F3NO3. The SMILES string of the molecule is CC1=CC(C(=O)NOCCO)=C(C(F)(F)F)C1. The number of carbonyl (C=O) groups is 1. The largest absolute Gasteiger partial charge is 0.413 e. The number of rotatable bonds is 4. The Morgan fingerprint density at radius 2 is 2.24 bits per heavy atom. The summed E-state index contributed by atoms with van der Waals surface area (Å²) < 4.78 is 37.7. The first-order chi connectivity index (χ1) is 7.86. The van der Waals surface area contributed by atoms with E-state index in [1.807, 2.05) is 5.48 Å². The van der Waals surface area contributed by atoms with Crippen LogP contribution in [0.25, 0.3) is 0 Å². The molecule has 4 nitrogen and oxygen atoms in total. The van der Waals surface area contributed by atoms with E-state index in [4.69, 9.17) is 5.11 Å². The van der Waals surface area contributed by atoms with Gasteiger partial charge in [-0.1, -0.05) is 5.57 Å². The minimum absolute atomic E-state index is 0.178. The van der Waals surface area contributed by atoms with Gasteiger partial charge in [0.05, 0.1) is 13.2 Å². The van der Waals surface area contributed by atoms with Crippen molar-refractivity contribution in [1.82, 2.24) is 5.48 Å². The molecule has 1 aliphatic rings. The Balaban J connectivity index is 2.80. The van der Waals surface area contributed by atoms with Gasteiger partial charge in [0, 0.05) is 11.1 Å². The van der Waals surface area contributed by atoms with Crippen molar-refractivity contribution in [2.75, 3.05) is 13.2 Å². The van der Waals surface area contributed by atoms with E-state index in [1.54, 1.807) is 0 Å². The van der Waals surface area contributed by atoms with E-state index in [2.05, 4.69) is 4.84 Å². The number of carbonyl (C=O) groups excluding carboxylic acids is 1. The number of nitrogens with one attached hydrogen (secondary N) is 1. The number of hydrogen-bond donors (Lipinski definition) is 2. The molecule has 0 atom stereocenters. The third-order valence-electron chi connectivity index (χ3n) is 2.12. The van der Waals surface area contributed by atoms with E-state index in [0.717, 1.165) is 0 Å². The van der Waals surface area contributed by atoms with E-state index in [9.17, 15) is 18.0 Å². The van der Waals surface area contributed by atoms with Crippen LogP contribution < -0.4 is 5.48 Å². The second kappa shape index (κ2) is 5.33. The number of aliphatic hydroxyl groups is 1. The van der Waals surface area contributed by atoms with Crippen LogP contribution in [0.15, 0.2) is 22.8 Å². The molecule has 0 saturated carbocycles. The maximum Gasteiger partial charge on any atom is 0.413 e. The van der Waals surface area contributed by atoms with Crippen LogP contribution in [0.1, 0.15) is 13.3 Å². The zero-order chi connectivity index (χ0) is 13.1. The molecule has 0 unspecified atom stereocenters. The van der Waals surface area contributed by atoms with Gasteiger partial charge in [-0.2, -0.15) is 13.2 Å². The molecule has 0 aliphatic heterocycles. The molecule has 7 heteroatoms. The fourth-order valence-electron chi connectivity index (χ4n) is 1.43. The van der Waals surface area contributed by atoms with Gasteiger partial charge in [0.25, 0.3) is 5.91 Å². The van der Waals surface area contributed by atoms with Crippen molar-refractivity contribution in [3.63, 3.8) is 0 Å². The van der Waals surface area contributed by atoms with Crippen molar-refractivity contribution in [2.45, 2.75) is 19.5 Å². The Bertz CT molecular complexity index is 371. The molecule has 0 bridgehead atoms. The fraction of sp³-hybridized carbons (Fsp3) is 0.500. The summed E-state index contributed by atoms with van der Waals surface area (Å²) in [6.45, 7) is 1.00. The molecule has 0 saturated heterocycles. The number of alkyl halides is 3. The van der Waals surface area contributed by atoms with Gasteiger partial charge in [0.1, 0.15) is 0 Å². The Labute approximate surface area is 95.7 Å². The number of hydroxylamine groups is 1. The van der Waals surface area contributed by atoms with Crippen LogP contribution in [0, 0.1) is 0 Å². The quantitative estimate of drug-likeness (QED) is 0.583. The third kappa shape index (κ3) is 3.57. The summed E-state index contributed by atoms with van der Waals surface area (Å²) >= 11 is 0. The first kappa shape index (κ1) is 13.7. The van der Waals surface area contributed by atoms with Crippen LogP contribution in [0.5, 0.6) is 0 Å². The van der Waals surface area contributed by atoms with Crippen molar-refractivity contribution in [1.29, 1.82) is 0 Å². The first-order valence-corrected chi connectivity index (χ1v) is 4.86. The van der Waals surface area contributed by atoms with Crippen LogP contribution in [-0.4, -0.2) is 30.4 Å². The summed E-state index contributed by atoms with van der Waals surface area (Å²) in [7, 11) is 0. The molecule has 0 radical (unpaired) electrons. The summed E-state index contributed by atoms with van der Waals surface area (Å²) in [5.74, 6) is -0.956. The fourth-order valence-corrected chi connectivity index (χ4v) is 1.43. The molecule has 2 N–H and O–H groups in total. The first-order valence-electron chi connectivity index (χ1n) is 4.86. The molecule has 1 aliphatic carbocycles. The standard InChI is InChI=1S/C10H12F3NO3/c1-6-4-7(8(5-6)10(11,12)13)9(16)14-17-3-2-15/h4,15H,2-3,5H2,1H3,(H,14,16). The molecule has 0 aromatic heterocycles. The normalized spacial score (nSPS) is 16.2. The van der Waals surface area contributed by atoms with E-state index >= 15 is 0 Å². The molecule has 1 rings (SSSR count). The van der Waals surface area contributed by atoms with Gasteiger partial charge < -0.3 is 5.11 Å². The van der Waals surface area contributed by atoms with E-state index in [-0.39, 0.29) is 19.6 Å². The lowest BCUT2D eigenvalue weighted by Gasteiger charge is -2.11. The molecule has 0 heterocycles. The number of allylic oxidation sites excluding steroid dienone is 2. The van der Waals surface area contributed by atoms with E-state index in [0.29, 0.717) is 5.57 Å². The van der Waals surface area contributed by atoms with Gasteiger partial charge in [0.2, 0.25) is 0 Å². The van der Waals surface area contributed by atoms with Gasteiger partial charge in [-0.15, -0.1) is 0 Å². The lowest BCUT2D eigenvalue weighted by molar-refractivity contribution is -0.131. The van der Waals surface area contributed by atoms with E-state index < -0.39 is 23.2 Å². The highest BCUT2D eigenvalue weighted by Crippen LogP contribution is 2.37. The molecule has 0 aromatic rings. The van der Waals surface area contributed by atoms with Crippen molar-refractivity contribution in [3.8, 4) is 0 Å². The average Bonchev–Trinajstić information content (AvgIpc) is 2.60. The molecule has 0 fully saturated rings. The highest BCUT2D eigenvalue weighted by Gasteiger charge is 2.39. The van der Waals surface area contributed by atoms with Crippen LogP contribution in [0.3, 0.4) is 0 Å². The Hall–Kier alpha value is -1.34. The zero-order valence-electron chi connectivity index (χ0n) is 9.10. The van der Waals surface area contributed by atoms with Gasteiger partial charge >= 0.3 is 6.18 Å². The number of amides is 1. The topological polar surface area (TPSA) is 58.6 Å². The Morgan fingerprint density at radius 3 is 2.76 bits per heavy atom. The van der Waals surface area contributed by atoms with Crippen molar-refractivity contribution >= 4 is 5.91 Å². The van der Waals surface area contributed by atoms with Crippen LogP contribution >= 0.6 is 0 Å². The van der Waals surface area contributed by atoms with Crippen molar-refractivity contribution in [2.24, 2.45) is 0 Å². The maximum atomic E-state index is 12.6. The minimum Gasteiger partial charge on any atom is -0.394 e. The van der Waals surface area contributed by atoms with Crippen LogP contribution in [-0.2, 0) is 9.63 Å². The molecule has 0 spiro atoms. The second-order valence-electron chi connectivity index (χ2n) is 3.56. The number of aliphatic hydroxyl groups excluding tert-OH is 1. The summed E-state index contributed by atoms with van der Waals surface area (Å²) in [6.07, 6.45) is -3.63. The molecular weight excluding hydrogens is 239 g/mol. The zero-order valence-corrected chi connectivity index (χ0v) is 9.10. The summed E-state index contributed by atoms with van der Waals surface area (Å²) in [5, 5.41) is 8.39. The van der Waals surface area contributed by atoms with Crippen LogP contribution in [0.4, 0.5) is 13.2 Å². The molecule has 1 amide bonds. The third-order valence-corrected chi connectivity index (χ3v) is 2.12. The lowest BCUT2D eigenvalue weighted by Crippen LogP contribution is -2.28. The highest BCUT2D eigenvalue weighted by atomic mass is 19.4. The summed E-state index contributed by atoms with van der Waals surface area (Å²) in [5.41, 5.74) is 0.997. The summed E-state index contributed by atoms with van der Waals surface area (Å²) in [4.78, 5) is 15.9. The Morgan fingerprint density at radius 1 is 1.59 bits per heavy atom. The number of hydrogen-bond acceptors (Lipinski definition) is 3. The predicted molar refractivity (Wildman–Crippen MR) is 52.6 cm³/mol. The maximum absolute atomic E-state index is 12.6. The second-order valence-corrected chi connectivity index (χ2v) is 3.56. The molecule has 96 valence electrons. The van der Waals surface area contributed by atoms with Crippen LogP contribution in [0.2, 0.25) is 0 Å². The van der Waals surface area contributed by atoms with E-state index in [1.165, 1.54) is 13.0 Å². The van der Waals surface area contributed by atoms with Crippen molar-refractivity contribution in [3.05, 3.63) is 22.8 Å². The molecule has 17 heavy (non-hydrogen) atoms. The minimum atomic E-state index is -4.53. The number of halogens is 3. The predicted octanol–water partition coefficient (Wildman–Crippen LogP) is 1.24. The smallest absolute Gasteiger partial charge is 0.394 e. The Kier molecular flexibility index (Phi) is 4.30. The van der Waals surface area contributed by atoms with Crippen molar-refractivity contribution < 1.29 is 27.9 Å². The lowest BCUT2D eigenvalue weighted by atomic mass is 10.1. The molecule has 0 aromatic carbocycles.